The van der Waals surface area contributed by atoms with Crippen LogP contribution in [0.15, 0.2) is 11.8 Å². The van der Waals surface area contributed by atoms with Gasteiger partial charge in [-0.1, -0.05) is 44.4 Å². The second-order valence-electron chi connectivity index (χ2n) is 13.8. The lowest BCUT2D eigenvalue weighted by atomic mass is 9.96. The first-order valence-corrected chi connectivity index (χ1v) is 20.7. The zero-order chi connectivity index (χ0) is 40.0. The molecule has 13 nitrogen and oxygen atoms in total. The summed E-state index contributed by atoms with van der Waals surface area (Å²) in [5.74, 6) is -1.62. The van der Waals surface area contributed by atoms with E-state index < -0.39 is 33.2 Å². The minimum absolute atomic E-state index is 0.0463. The number of carbonyl (C=O) groups excluding carboxylic acids is 6. The molecular weight excluding hydrogens is 845 g/mol. The zero-order valence-corrected chi connectivity index (χ0v) is 34.2. The highest BCUT2D eigenvalue weighted by Crippen LogP contribution is 2.36. The van der Waals surface area contributed by atoms with Crippen LogP contribution in [0.5, 0.6) is 0 Å². The summed E-state index contributed by atoms with van der Waals surface area (Å²) in [6.07, 6.45) is 12.6. The van der Waals surface area contributed by atoms with Crippen molar-refractivity contribution in [3.8, 4) is 0 Å². The standard InChI is InChI=1S/C11H18N2O.C7H10F3NO2.C6H9Br2NO.C6H9NO2.C6H11NO/c14-11-10(6-2-3-7-12-11)13-8-4-1-5-9-13;8-7(9,10)6(13)3-1-2-4-11-5(6)12;7-6(8)3-1-2-4-9-5(6)10;8-5-3-1-2-4-7-6(5)9;8-6-4-2-1-3-5-7-6/h6H,1-5,7-9H2,(H,12,14);13H,1-4H2,(H,11,12);1-4H2,(H,9,10);1-4H2,(H,7,9);1-5H2,(H,7,8). The summed E-state index contributed by atoms with van der Waals surface area (Å²) < 4.78 is 36.2. The molecule has 6 rings (SSSR count). The SMILES string of the molecule is O=C1CCCCCN1.O=C1CCCCNC1=O.O=C1NCCCC=C1N1CCCCC1.O=C1NCCCCC1(Br)Br.O=C1NCCCCC1(O)C(F)(F)F. The number of halogens is 5. The molecule has 0 spiro atoms. The van der Waals surface area contributed by atoms with Gasteiger partial charge in [0.15, 0.2) is 3.23 Å². The number of allylic oxidation sites excluding steroid dienone is 1. The Bertz CT molecular complexity index is 1260. The maximum Gasteiger partial charge on any atom is 0.426 e. The maximum absolute atomic E-state index is 12.2. The summed E-state index contributed by atoms with van der Waals surface area (Å²) in [5, 5.41) is 22.2. The molecule has 5 fully saturated rings. The number of alkyl halides is 5. The van der Waals surface area contributed by atoms with E-state index in [0.29, 0.717) is 19.4 Å². The van der Waals surface area contributed by atoms with Crippen LogP contribution in [-0.4, -0.2) is 106 Å². The average molecular weight is 903 g/mol. The van der Waals surface area contributed by atoms with Gasteiger partial charge in [-0.15, -0.1) is 0 Å². The molecule has 1 unspecified atom stereocenters. The van der Waals surface area contributed by atoms with E-state index in [1.54, 1.807) is 0 Å². The highest BCUT2D eigenvalue weighted by atomic mass is 79.9. The van der Waals surface area contributed by atoms with Crippen molar-refractivity contribution in [1.29, 1.82) is 0 Å². The fraction of sp³-hybridized carbons (Fsp3) is 0.778. The van der Waals surface area contributed by atoms with Gasteiger partial charge in [-0.3, -0.25) is 28.8 Å². The van der Waals surface area contributed by atoms with Crippen LogP contribution in [0.4, 0.5) is 13.2 Å². The Morgan fingerprint density at radius 1 is 0.593 bits per heavy atom. The number of amides is 5. The van der Waals surface area contributed by atoms with Crippen LogP contribution in [0, 0.1) is 0 Å². The molecule has 54 heavy (non-hydrogen) atoms. The Morgan fingerprint density at radius 3 is 1.80 bits per heavy atom. The van der Waals surface area contributed by atoms with E-state index in [9.17, 15) is 41.9 Å². The van der Waals surface area contributed by atoms with Crippen LogP contribution < -0.4 is 26.6 Å². The van der Waals surface area contributed by atoms with Gasteiger partial charge in [-0.2, -0.15) is 13.2 Å². The number of hydrogen-bond acceptors (Lipinski definition) is 8. The van der Waals surface area contributed by atoms with E-state index in [2.05, 4.69) is 64.1 Å². The molecule has 0 bridgehead atoms. The van der Waals surface area contributed by atoms with Crippen LogP contribution in [-0.2, 0) is 28.8 Å². The fourth-order valence-electron chi connectivity index (χ4n) is 6.02. The molecule has 308 valence electrons. The summed E-state index contributed by atoms with van der Waals surface area (Å²) in [6.45, 7) is 5.48. The van der Waals surface area contributed by atoms with Crippen molar-refractivity contribution in [1.82, 2.24) is 31.5 Å². The van der Waals surface area contributed by atoms with Gasteiger partial charge in [0, 0.05) is 58.7 Å². The Kier molecular flexibility index (Phi) is 21.7. The Labute approximate surface area is 332 Å². The maximum atomic E-state index is 12.2. The van der Waals surface area contributed by atoms with E-state index >= 15 is 0 Å². The number of rotatable bonds is 1. The Morgan fingerprint density at radius 2 is 1.11 bits per heavy atom. The van der Waals surface area contributed by atoms with E-state index in [1.165, 1.54) is 25.7 Å². The van der Waals surface area contributed by atoms with Crippen molar-refractivity contribution < 1.29 is 47.0 Å². The largest absolute Gasteiger partial charge is 0.426 e. The molecule has 0 aromatic heterocycles. The molecule has 0 radical (unpaired) electrons. The van der Waals surface area contributed by atoms with E-state index in [4.69, 9.17) is 5.11 Å². The third-order valence-electron chi connectivity index (χ3n) is 9.34. The minimum Gasteiger partial charge on any atom is -0.373 e. The Hall–Kier alpha value is -2.73. The summed E-state index contributed by atoms with van der Waals surface area (Å²) in [7, 11) is 0. The van der Waals surface area contributed by atoms with Crippen molar-refractivity contribution in [3.05, 3.63) is 11.8 Å². The number of hydrogen-bond donors (Lipinski definition) is 6. The smallest absolute Gasteiger partial charge is 0.373 e. The summed E-state index contributed by atoms with van der Waals surface area (Å²) in [6, 6.07) is 0. The topological polar surface area (TPSA) is 186 Å². The molecule has 0 saturated carbocycles. The van der Waals surface area contributed by atoms with Crippen LogP contribution in [0.25, 0.3) is 0 Å². The molecule has 5 saturated heterocycles. The lowest BCUT2D eigenvalue weighted by Gasteiger charge is -2.29. The van der Waals surface area contributed by atoms with Crippen LogP contribution >= 0.6 is 31.9 Å². The molecule has 5 amide bonds. The average Bonchev–Trinajstić information content (AvgIpc) is 3.70. The van der Waals surface area contributed by atoms with E-state index in [0.717, 1.165) is 103 Å². The number of piperidine rings is 1. The molecule has 1 atom stereocenters. The van der Waals surface area contributed by atoms with Crippen molar-refractivity contribution in [2.75, 3.05) is 45.8 Å². The summed E-state index contributed by atoms with van der Waals surface area (Å²) in [4.78, 5) is 67.7. The molecule has 6 aliphatic heterocycles. The number of nitrogens with zero attached hydrogens (tertiary/aromatic N) is 1. The van der Waals surface area contributed by atoms with Gasteiger partial charge in [0.25, 0.3) is 17.7 Å². The van der Waals surface area contributed by atoms with Gasteiger partial charge in [-0.05, 0) is 96.3 Å². The third-order valence-corrected chi connectivity index (χ3v) is 10.8. The second kappa shape index (κ2) is 24.7. The first kappa shape index (κ1) is 47.4. The normalized spacial score (nSPS) is 25.0. The molecule has 0 aromatic carbocycles. The molecule has 0 aromatic rings. The van der Waals surface area contributed by atoms with Crippen molar-refractivity contribution in [2.45, 2.75) is 131 Å². The van der Waals surface area contributed by atoms with Gasteiger partial charge in [0.2, 0.25) is 23.2 Å². The van der Waals surface area contributed by atoms with Gasteiger partial charge in [0.1, 0.15) is 0 Å². The van der Waals surface area contributed by atoms with Crippen molar-refractivity contribution in [2.24, 2.45) is 0 Å². The van der Waals surface area contributed by atoms with Gasteiger partial charge >= 0.3 is 6.18 Å². The minimum atomic E-state index is -4.89. The lowest BCUT2D eigenvalue weighted by Crippen LogP contribution is -2.55. The van der Waals surface area contributed by atoms with Crippen LogP contribution in [0.3, 0.4) is 0 Å². The molecule has 6 aliphatic rings. The number of ketones is 1. The molecule has 18 heteroatoms. The van der Waals surface area contributed by atoms with Crippen LogP contribution in [0.2, 0.25) is 0 Å². The predicted molar refractivity (Wildman–Crippen MR) is 204 cm³/mol. The van der Waals surface area contributed by atoms with Gasteiger partial charge < -0.3 is 36.6 Å². The summed E-state index contributed by atoms with van der Waals surface area (Å²) in [5.41, 5.74) is -2.27. The number of nitrogens with one attached hydrogen (secondary N) is 5. The highest BCUT2D eigenvalue weighted by Gasteiger charge is 2.59. The fourth-order valence-corrected chi connectivity index (χ4v) is 6.86. The first-order valence-electron chi connectivity index (χ1n) is 19.1. The quantitative estimate of drug-likeness (QED) is 0.168. The van der Waals surface area contributed by atoms with Gasteiger partial charge in [-0.25, -0.2) is 0 Å². The lowest BCUT2D eigenvalue weighted by molar-refractivity contribution is -0.252. The predicted octanol–water partition coefficient (Wildman–Crippen LogP) is 4.15. The Balaban J connectivity index is 0.000000237. The molecular formula is C36H57Br2F3N6O7. The second-order valence-corrected chi connectivity index (χ2v) is 17.6. The van der Waals surface area contributed by atoms with E-state index in [-0.39, 0.29) is 36.5 Å². The zero-order valence-electron chi connectivity index (χ0n) is 31.0. The monoisotopic (exact) mass is 900 g/mol. The number of aliphatic hydroxyl groups is 1. The first-order chi connectivity index (χ1) is 25.6. The van der Waals surface area contributed by atoms with Gasteiger partial charge in [0.05, 0.1) is 5.70 Å². The molecule has 0 aliphatic carbocycles. The third kappa shape index (κ3) is 17.4. The highest BCUT2D eigenvalue weighted by molar-refractivity contribution is 9.25. The van der Waals surface area contributed by atoms with Crippen LogP contribution in [0.1, 0.15) is 116 Å². The molecule has 6 heterocycles. The number of Topliss-reactive ketones (excluding diaryl/α,β-unsaturated/α-hetero) is 1. The number of likely N-dealkylation sites (tertiary alicyclic amines) is 1. The molecule has 6 N–H and O–H groups in total. The van der Waals surface area contributed by atoms with Crippen molar-refractivity contribution in [3.63, 3.8) is 0 Å². The van der Waals surface area contributed by atoms with Crippen molar-refractivity contribution >= 4 is 67.2 Å². The summed E-state index contributed by atoms with van der Waals surface area (Å²) >= 11 is 6.62. The van der Waals surface area contributed by atoms with E-state index in [1.807, 2.05) is 5.32 Å². The number of carbonyl (C=O) groups is 6.